The smallest absolute Gasteiger partial charge is 0.158 e. The van der Waals surface area contributed by atoms with Crippen LogP contribution in [0.5, 0.6) is 0 Å². The van der Waals surface area contributed by atoms with Crippen LogP contribution in [0.1, 0.15) is 5.69 Å². The Hall–Kier alpha value is -1.29. The second-order valence-corrected chi connectivity index (χ2v) is 2.91. The van der Waals surface area contributed by atoms with Crippen LogP contribution in [0.25, 0.3) is 5.52 Å². The van der Waals surface area contributed by atoms with Gasteiger partial charge in [0.2, 0.25) is 0 Å². The van der Waals surface area contributed by atoms with E-state index in [1.165, 1.54) is 6.33 Å². The van der Waals surface area contributed by atoms with Gasteiger partial charge in [0.25, 0.3) is 0 Å². The summed E-state index contributed by atoms with van der Waals surface area (Å²) in [6, 6.07) is 1.82. The lowest BCUT2D eigenvalue weighted by atomic mass is 10.4. The van der Waals surface area contributed by atoms with Crippen molar-refractivity contribution >= 4 is 22.8 Å². The maximum Gasteiger partial charge on any atom is 0.158 e. The zero-order valence-electron chi connectivity index (χ0n) is 6.45. The summed E-state index contributed by atoms with van der Waals surface area (Å²) in [7, 11) is 0. The van der Waals surface area contributed by atoms with E-state index in [4.69, 9.17) is 17.3 Å². The van der Waals surface area contributed by atoms with Crippen LogP contribution in [0.3, 0.4) is 0 Å². The van der Waals surface area contributed by atoms with Crippen LogP contribution in [-0.4, -0.2) is 14.6 Å². The molecule has 2 rings (SSSR count). The molecule has 0 radical (unpaired) electrons. The van der Waals surface area contributed by atoms with Crippen LogP contribution in [-0.2, 0) is 0 Å². The van der Waals surface area contributed by atoms with Gasteiger partial charge in [0.1, 0.15) is 11.8 Å². The molecule has 0 aromatic carbocycles. The molecule has 12 heavy (non-hydrogen) atoms. The fraction of sp³-hybridized carbons (Fsp3) is 0.143. The average molecular weight is 183 g/mol. The summed E-state index contributed by atoms with van der Waals surface area (Å²) in [5.74, 6) is 0. The second-order valence-electron chi connectivity index (χ2n) is 2.55. The minimum atomic E-state index is 0.385. The Morgan fingerprint density at radius 3 is 3.00 bits per heavy atom. The SMILES string of the molecule is Cc1cc(N)c2c(Cl)ncnn12. The van der Waals surface area contributed by atoms with Gasteiger partial charge in [0.15, 0.2) is 5.15 Å². The molecule has 0 saturated carbocycles. The van der Waals surface area contributed by atoms with E-state index < -0.39 is 0 Å². The van der Waals surface area contributed by atoms with Crippen molar-refractivity contribution < 1.29 is 0 Å². The lowest BCUT2D eigenvalue weighted by Gasteiger charge is -1.96. The third-order valence-corrected chi connectivity index (χ3v) is 1.99. The van der Waals surface area contributed by atoms with E-state index in [2.05, 4.69) is 10.1 Å². The monoisotopic (exact) mass is 182 g/mol. The summed E-state index contributed by atoms with van der Waals surface area (Å²) in [5.41, 5.74) is 7.93. The minimum Gasteiger partial charge on any atom is -0.397 e. The summed E-state index contributed by atoms with van der Waals surface area (Å²) >= 11 is 5.82. The van der Waals surface area contributed by atoms with E-state index in [1.54, 1.807) is 4.52 Å². The van der Waals surface area contributed by atoms with Gasteiger partial charge in [-0.3, -0.25) is 0 Å². The molecule has 0 amide bonds. The highest BCUT2D eigenvalue weighted by Gasteiger charge is 2.07. The Bertz CT molecular complexity index is 434. The van der Waals surface area contributed by atoms with E-state index in [-0.39, 0.29) is 0 Å². The molecule has 0 aliphatic rings. The number of aromatic nitrogens is 3. The number of hydrogen-bond acceptors (Lipinski definition) is 3. The van der Waals surface area contributed by atoms with Gasteiger partial charge in [-0.05, 0) is 13.0 Å². The van der Waals surface area contributed by atoms with Crippen molar-refractivity contribution in [1.82, 2.24) is 14.6 Å². The van der Waals surface area contributed by atoms with Gasteiger partial charge in [0, 0.05) is 5.69 Å². The number of aryl methyl sites for hydroxylation is 1. The predicted octanol–water partition coefficient (Wildman–Crippen LogP) is 1.27. The van der Waals surface area contributed by atoms with Crippen molar-refractivity contribution in [1.29, 1.82) is 0 Å². The Labute approximate surface area is 74.0 Å². The van der Waals surface area contributed by atoms with Gasteiger partial charge in [-0.15, -0.1) is 0 Å². The summed E-state index contributed by atoms with van der Waals surface area (Å²) in [5, 5.41) is 4.39. The third kappa shape index (κ3) is 0.848. The van der Waals surface area contributed by atoms with Crippen molar-refractivity contribution in [3.05, 3.63) is 23.2 Å². The van der Waals surface area contributed by atoms with E-state index in [0.717, 1.165) is 5.69 Å². The lowest BCUT2D eigenvalue weighted by Crippen LogP contribution is -1.95. The second kappa shape index (κ2) is 2.35. The van der Waals surface area contributed by atoms with Crippen LogP contribution in [0.15, 0.2) is 12.4 Å². The average Bonchev–Trinajstić information content (AvgIpc) is 2.29. The first kappa shape index (κ1) is 7.36. The molecule has 0 saturated heterocycles. The molecule has 2 aromatic heterocycles. The quantitative estimate of drug-likeness (QED) is 0.668. The Balaban J connectivity index is 2.99. The number of anilines is 1. The first-order valence-corrected chi connectivity index (χ1v) is 3.82. The highest BCUT2D eigenvalue weighted by molar-refractivity contribution is 6.33. The molecule has 2 aromatic rings. The fourth-order valence-corrected chi connectivity index (χ4v) is 1.43. The molecule has 62 valence electrons. The van der Waals surface area contributed by atoms with Crippen molar-refractivity contribution in [3.63, 3.8) is 0 Å². The van der Waals surface area contributed by atoms with Crippen molar-refractivity contribution in [2.75, 3.05) is 5.73 Å². The minimum absolute atomic E-state index is 0.385. The first-order valence-electron chi connectivity index (χ1n) is 3.44. The number of nitrogen functional groups attached to an aromatic ring is 1. The van der Waals surface area contributed by atoms with Crippen LogP contribution in [0.2, 0.25) is 5.15 Å². The van der Waals surface area contributed by atoms with Crippen LogP contribution in [0.4, 0.5) is 5.69 Å². The van der Waals surface area contributed by atoms with Crippen LogP contribution >= 0.6 is 11.6 Å². The molecule has 4 nitrogen and oxygen atoms in total. The molecule has 2 heterocycles. The standard InChI is InChI=1S/C7H7ClN4/c1-4-2-5(9)6-7(8)10-3-11-12(4)6/h2-3H,9H2,1H3. The maximum atomic E-state index is 5.82. The molecular formula is C7H7ClN4. The third-order valence-electron chi connectivity index (χ3n) is 1.72. The summed E-state index contributed by atoms with van der Waals surface area (Å²) in [6.45, 7) is 1.91. The molecule has 0 fully saturated rings. The largest absolute Gasteiger partial charge is 0.397 e. The highest BCUT2D eigenvalue weighted by atomic mass is 35.5. The summed E-state index contributed by atoms with van der Waals surface area (Å²) in [6.07, 6.45) is 1.40. The Kier molecular flexibility index (Phi) is 1.44. The number of fused-ring (bicyclic) bond motifs is 1. The highest BCUT2D eigenvalue weighted by Crippen LogP contribution is 2.22. The number of nitrogens with zero attached hydrogens (tertiary/aromatic N) is 3. The Morgan fingerprint density at radius 2 is 2.33 bits per heavy atom. The van der Waals surface area contributed by atoms with E-state index >= 15 is 0 Å². The van der Waals surface area contributed by atoms with Gasteiger partial charge < -0.3 is 5.73 Å². The van der Waals surface area contributed by atoms with Crippen molar-refractivity contribution in [3.8, 4) is 0 Å². The zero-order valence-corrected chi connectivity index (χ0v) is 7.21. The molecule has 0 aliphatic carbocycles. The van der Waals surface area contributed by atoms with E-state index in [0.29, 0.717) is 16.4 Å². The molecular weight excluding hydrogens is 176 g/mol. The topological polar surface area (TPSA) is 56.2 Å². The van der Waals surface area contributed by atoms with Gasteiger partial charge in [-0.25, -0.2) is 9.50 Å². The van der Waals surface area contributed by atoms with Crippen LogP contribution < -0.4 is 5.73 Å². The number of halogens is 1. The van der Waals surface area contributed by atoms with E-state index in [1.807, 2.05) is 13.0 Å². The lowest BCUT2D eigenvalue weighted by molar-refractivity contribution is 0.872. The Morgan fingerprint density at radius 1 is 1.58 bits per heavy atom. The van der Waals surface area contributed by atoms with Gasteiger partial charge >= 0.3 is 0 Å². The van der Waals surface area contributed by atoms with Gasteiger partial charge in [0.05, 0.1) is 5.69 Å². The fourth-order valence-electron chi connectivity index (χ4n) is 1.20. The molecule has 0 unspecified atom stereocenters. The van der Waals surface area contributed by atoms with Gasteiger partial charge in [-0.2, -0.15) is 5.10 Å². The molecule has 0 spiro atoms. The normalized spacial score (nSPS) is 10.8. The molecule has 5 heteroatoms. The first-order chi connectivity index (χ1) is 5.70. The van der Waals surface area contributed by atoms with Crippen molar-refractivity contribution in [2.45, 2.75) is 6.92 Å². The van der Waals surface area contributed by atoms with Crippen molar-refractivity contribution in [2.24, 2.45) is 0 Å². The molecule has 0 bridgehead atoms. The van der Waals surface area contributed by atoms with Crippen LogP contribution in [0, 0.1) is 6.92 Å². The molecule has 0 atom stereocenters. The van der Waals surface area contributed by atoms with Gasteiger partial charge in [-0.1, -0.05) is 11.6 Å². The molecule has 0 aliphatic heterocycles. The van der Waals surface area contributed by atoms with E-state index in [9.17, 15) is 0 Å². The molecule has 2 N–H and O–H groups in total. The zero-order chi connectivity index (χ0) is 8.72. The summed E-state index contributed by atoms with van der Waals surface area (Å²) in [4.78, 5) is 3.83. The predicted molar refractivity (Wildman–Crippen MR) is 47.1 cm³/mol. The number of rotatable bonds is 0. The summed E-state index contributed by atoms with van der Waals surface area (Å²) < 4.78 is 1.67. The number of nitrogens with two attached hydrogens (primary N) is 1. The maximum absolute atomic E-state index is 5.82. The number of hydrogen-bond donors (Lipinski definition) is 1.